The quantitative estimate of drug-likeness (QED) is 0.690. The third-order valence-electron chi connectivity index (χ3n) is 4.85. The summed E-state index contributed by atoms with van der Waals surface area (Å²) in [5.41, 5.74) is 2.90. The van der Waals surface area contributed by atoms with Crippen LogP contribution in [0.5, 0.6) is 5.75 Å². The molecular weight excluding hydrogens is 354 g/mol. The lowest BCUT2D eigenvalue weighted by atomic mass is 10.1. The van der Waals surface area contributed by atoms with E-state index in [4.69, 9.17) is 4.74 Å². The van der Waals surface area contributed by atoms with Gasteiger partial charge in [-0.05, 0) is 55.2 Å². The summed E-state index contributed by atoms with van der Waals surface area (Å²) in [6, 6.07) is 15.5. The van der Waals surface area contributed by atoms with Crippen LogP contribution in [0.25, 0.3) is 0 Å². The first-order valence-electron chi connectivity index (χ1n) is 9.69. The Balaban J connectivity index is 1.41. The van der Waals surface area contributed by atoms with E-state index in [-0.39, 0.29) is 18.2 Å². The zero-order valence-corrected chi connectivity index (χ0v) is 16.2. The van der Waals surface area contributed by atoms with Crippen LogP contribution >= 0.6 is 0 Å². The van der Waals surface area contributed by atoms with Crippen molar-refractivity contribution in [3.8, 4) is 5.75 Å². The number of carbonyl (C=O) groups is 2. The van der Waals surface area contributed by atoms with E-state index in [1.54, 1.807) is 7.11 Å². The molecule has 2 aromatic rings. The van der Waals surface area contributed by atoms with Crippen LogP contribution in [0.3, 0.4) is 0 Å². The number of carbonyl (C=O) groups excluding carboxylic acids is 2. The topological polar surface area (TPSA) is 70.7 Å². The van der Waals surface area contributed by atoms with Crippen LogP contribution in [0.2, 0.25) is 0 Å². The number of nitrogens with zero attached hydrogens (tertiary/aromatic N) is 1. The van der Waals surface area contributed by atoms with E-state index in [2.05, 4.69) is 15.5 Å². The maximum atomic E-state index is 12.1. The van der Waals surface area contributed by atoms with Gasteiger partial charge in [0.2, 0.25) is 11.8 Å². The van der Waals surface area contributed by atoms with Crippen molar-refractivity contribution < 1.29 is 14.3 Å². The van der Waals surface area contributed by atoms with E-state index in [9.17, 15) is 9.59 Å². The van der Waals surface area contributed by atoms with Crippen molar-refractivity contribution in [2.45, 2.75) is 25.7 Å². The Kier molecular flexibility index (Phi) is 6.89. The van der Waals surface area contributed by atoms with Gasteiger partial charge in [0.1, 0.15) is 12.2 Å². The van der Waals surface area contributed by atoms with Gasteiger partial charge in [0.15, 0.2) is 0 Å². The van der Waals surface area contributed by atoms with E-state index in [1.165, 1.54) is 18.5 Å². The Morgan fingerprint density at radius 2 is 1.71 bits per heavy atom. The Morgan fingerprint density at radius 1 is 1.00 bits per heavy atom. The molecule has 0 aliphatic carbocycles. The summed E-state index contributed by atoms with van der Waals surface area (Å²) in [6.45, 7) is 2.62. The first kappa shape index (κ1) is 19.7. The van der Waals surface area contributed by atoms with Crippen molar-refractivity contribution in [1.29, 1.82) is 0 Å². The van der Waals surface area contributed by atoms with Crippen LogP contribution in [-0.2, 0) is 16.0 Å². The van der Waals surface area contributed by atoms with Gasteiger partial charge < -0.3 is 20.3 Å². The van der Waals surface area contributed by atoms with E-state index < -0.39 is 0 Å². The predicted molar refractivity (Wildman–Crippen MR) is 111 cm³/mol. The summed E-state index contributed by atoms with van der Waals surface area (Å²) in [7, 11) is 1.62. The molecule has 1 aliphatic rings. The fourth-order valence-corrected chi connectivity index (χ4v) is 3.39. The van der Waals surface area contributed by atoms with Crippen molar-refractivity contribution in [3.63, 3.8) is 0 Å². The molecule has 1 heterocycles. The fraction of sp³-hybridized carbons (Fsp3) is 0.364. The summed E-state index contributed by atoms with van der Waals surface area (Å²) >= 11 is 0. The summed E-state index contributed by atoms with van der Waals surface area (Å²) in [6.07, 6.45) is 2.91. The van der Waals surface area contributed by atoms with E-state index in [0.717, 1.165) is 24.4 Å². The van der Waals surface area contributed by atoms with Crippen molar-refractivity contribution >= 4 is 23.2 Å². The van der Waals surface area contributed by atoms with E-state index in [0.29, 0.717) is 18.7 Å². The fourth-order valence-electron chi connectivity index (χ4n) is 3.39. The van der Waals surface area contributed by atoms with Crippen molar-refractivity contribution in [2.75, 3.05) is 37.0 Å². The molecule has 148 valence electrons. The lowest BCUT2D eigenvalue weighted by molar-refractivity contribution is -0.126. The molecule has 1 aliphatic heterocycles. The maximum absolute atomic E-state index is 12.1. The molecule has 0 spiro atoms. The summed E-state index contributed by atoms with van der Waals surface area (Å²) in [4.78, 5) is 26.4. The van der Waals surface area contributed by atoms with Crippen molar-refractivity contribution in [2.24, 2.45) is 0 Å². The Bertz CT molecular complexity index is 799. The second-order valence-corrected chi connectivity index (χ2v) is 6.88. The number of ether oxygens (including phenoxy) is 1. The number of anilines is 2. The van der Waals surface area contributed by atoms with Crippen molar-refractivity contribution in [1.82, 2.24) is 5.32 Å². The Hall–Kier alpha value is -3.02. The molecule has 0 unspecified atom stereocenters. The normalized spacial score (nSPS) is 13.2. The molecule has 2 amide bonds. The summed E-state index contributed by atoms with van der Waals surface area (Å²) < 4.78 is 5.29. The van der Waals surface area contributed by atoms with Crippen LogP contribution in [0, 0.1) is 0 Å². The Labute approximate surface area is 165 Å². The molecule has 0 aromatic heterocycles. The van der Waals surface area contributed by atoms with Gasteiger partial charge >= 0.3 is 0 Å². The molecule has 1 saturated heterocycles. The number of nitrogens with one attached hydrogen (secondary N) is 2. The minimum atomic E-state index is -0.316. The second kappa shape index (κ2) is 9.78. The van der Waals surface area contributed by atoms with Gasteiger partial charge in [-0.2, -0.15) is 0 Å². The van der Waals surface area contributed by atoms with Crippen LogP contribution in [0.1, 0.15) is 24.8 Å². The third-order valence-corrected chi connectivity index (χ3v) is 4.85. The highest BCUT2D eigenvalue weighted by molar-refractivity contribution is 6.03. The number of hydrogen-bond acceptors (Lipinski definition) is 4. The summed E-state index contributed by atoms with van der Waals surface area (Å²) in [5.74, 6) is 0.191. The monoisotopic (exact) mass is 381 g/mol. The highest BCUT2D eigenvalue weighted by Crippen LogP contribution is 2.22. The van der Waals surface area contributed by atoms with Crippen LogP contribution in [0.4, 0.5) is 11.4 Å². The molecule has 3 rings (SSSR count). The Morgan fingerprint density at radius 3 is 2.43 bits per heavy atom. The van der Waals surface area contributed by atoms with Gasteiger partial charge in [0.25, 0.3) is 0 Å². The smallest absolute Gasteiger partial charge is 0.233 e. The first-order chi connectivity index (χ1) is 13.7. The molecule has 28 heavy (non-hydrogen) atoms. The number of methoxy groups -OCH3 is 1. The molecule has 0 saturated carbocycles. The molecule has 0 bridgehead atoms. The number of benzene rings is 2. The van der Waals surface area contributed by atoms with Gasteiger partial charge in [-0.25, -0.2) is 0 Å². The molecule has 6 heteroatoms. The van der Waals surface area contributed by atoms with Crippen molar-refractivity contribution in [3.05, 3.63) is 54.1 Å². The molecule has 1 fully saturated rings. The molecule has 2 aromatic carbocycles. The zero-order chi connectivity index (χ0) is 19.8. The maximum Gasteiger partial charge on any atom is 0.233 e. The zero-order valence-electron chi connectivity index (χ0n) is 16.2. The predicted octanol–water partition coefficient (Wildman–Crippen LogP) is 2.98. The van der Waals surface area contributed by atoms with Gasteiger partial charge in [-0.1, -0.05) is 18.2 Å². The van der Waals surface area contributed by atoms with E-state index in [1.807, 2.05) is 48.5 Å². The highest BCUT2D eigenvalue weighted by Gasteiger charge is 2.13. The average molecular weight is 381 g/mol. The van der Waals surface area contributed by atoms with Crippen LogP contribution < -0.4 is 20.3 Å². The number of rotatable bonds is 8. The lowest BCUT2D eigenvalue weighted by Gasteiger charge is -2.17. The van der Waals surface area contributed by atoms with Gasteiger partial charge in [0.05, 0.1) is 7.11 Å². The standard InChI is InChI=1S/C22H27N3O3/c1-28-20-7-3-2-6-17(20)12-13-23-21(26)16-22(27)24-18-8-10-19(11-9-18)25-14-4-5-15-25/h2-3,6-11H,4-5,12-16H2,1H3,(H,23,26)(H,24,27). The molecule has 0 radical (unpaired) electrons. The van der Waals surface area contributed by atoms with Gasteiger partial charge in [-0.3, -0.25) is 9.59 Å². The lowest BCUT2D eigenvalue weighted by Crippen LogP contribution is -2.29. The highest BCUT2D eigenvalue weighted by atomic mass is 16.5. The van der Waals surface area contributed by atoms with Crippen LogP contribution in [-0.4, -0.2) is 38.6 Å². The third kappa shape index (κ3) is 5.49. The SMILES string of the molecule is COc1ccccc1CCNC(=O)CC(=O)Nc1ccc(N2CCCC2)cc1. The molecule has 0 atom stereocenters. The average Bonchev–Trinajstić information content (AvgIpc) is 3.23. The molecule has 2 N–H and O–H groups in total. The number of hydrogen-bond donors (Lipinski definition) is 2. The second-order valence-electron chi connectivity index (χ2n) is 6.88. The minimum Gasteiger partial charge on any atom is -0.496 e. The molecule has 6 nitrogen and oxygen atoms in total. The number of para-hydroxylation sites is 1. The first-order valence-corrected chi connectivity index (χ1v) is 9.69. The van der Waals surface area contributed by atoms with E-state index >= 15 is 0 Å². The largest absolute Gasteiger partial charge is 0.496 e. The number of amides is 2. The minimum absolute atomic E-state index is 0.195. The van der Waals surface area contributed by atoms with Gasteiger partial charge in [-0.15, -0.1) is 0 Å². The molecular formula is C22H27N3O3. The van der Waals surface area contributed by atoms with Crippen LogP contribution in [0.15, 0.2) is 48.5 Å². The van der Waals surface area contributed by atoms with Gasteiger partial charge in [0, 0.05) is 31.0 Å². The summed E-state index contributed by atoms with van der Waals surface area (Å²) in [5, 5.41) is 5.56.